The third-order valence-electron chi connectivity index (χ3n) is 2.42. The Bertz CT molecular complexity index is 135. The van der Waals surface area contributed by atoms with E-state index >= 15 is 0 Å². The Morgan fingerprint density at radius 2 is 2.08 bits per heavy atom. The molecule has 1 aliphatic carbocycles. The van der Waals surface area contributed by atoms with Crippen LogP contribution in [0, 0.1) is 5.92 Å². The predicted molar refractivity (Wildman–Crippen MR) is 53.3 cm³/mol. The van der Waals surface area contributed by atoms with Crippen molar-refractivity contribution < 1.29 is 0 Å². The first-order valence-corrected chi connectivity index (χ1v) is 4.81. The van der Waals surface area contributed by atoms with Crippen molar-refractivity contribution in [2.75, 3.05) is 33.7 Å². The van der Waals surface area contributed by atoms with E-state index in [0.717, 1.165) is 19.0 Å². The molecular formula is C10H20N2. The molecular weight excluding hydrogens is 148 g/mol. The molecule has 70 valence electrons. The Morgan fingerprint density at radius 1 is 1.42 bits per heavy atom. The zero-order valence-electron chi connectivity index (χ0n) is 8.21. The van der Waals surface area contributed by atoms with Crippen molar-refractivity contribution in [2.24, 2.45) is 5.92 Å². The lowest BCUT2D eigenvalue weighted by molar-refractivity contribution is 0.283. The van der Waals surface area contributed by atoms with Gasteiger partial charge >= 0.3 is 0 Å². The molecule has 12 heavy (non-hydrogen) atoms. The molecule has 0 aliphatic heterocycles. The number of nitrogens with zero attached hydrogens (tertiary/aromatic N) is 1. The molecule has 0 bridgehead atoms. The van der Waals surface area contributed by atoms with Gasteiger partial charge in [0.2, 0.25) is 0 Å². The highest BCUT2D eigenvalue weighted by atomic mass is 15.1. The van der Waals surface area contributed by atoms with Crippen molar-refractivity contribution in [1.82, 2.24) is 10.2 Å². The highest BCUT2D eigenvalue weighted by Crippen LogP contribution is 2.17. The number of hydrogen-bond acceptors (Lipinski definition) is 2. The van der Waals surface area contributed by atoms with Gasteiger partial charge in [0.15, 0.2) is 0 Å². The molecule has 2 heteroatoms. The van der Waals surface area contributed by atoms with E-state index in [2.05, 4.69) is 29.4 Å². The first-order valence-electron chi connectivity index (χ1n) is 4.81. The van der Waals surface area contributed by atoms with Gasteiger partial charge in [-0.1, -0.05) is 12.2 Å². The van der Waals surface area contributed by atoms with E-state index in [4.69, 9.17) is 0 Å². The van der Waals surface area contributed by atoms with Gasteiger partial charge in [0.1, 0.15) is 0 Å². The van der Waals surface area contributed by atoms with Gasteiger partial charge in [-0.3, -0.25) is 0 Å². The molecule has 0 heterocycles. The van der Waals surface area contributed by atoms with Crippen molar-refractivity contribution in [3.8, 4) is 0 Å². The molecule has 0 saturated carbocycles. The predicted octanol–water partition coefficient (Wildman–Crippen LogP) is 1.10. The fourth-order valence-electron chi connectivity index (χ4n) is 1.66. The summed E-state index contributed by atoms with van der Waals surface area (Å²) in [5, 5.41) is 3.17. The fourth-order valence-corrected chi connectivity index (χ4v) is 1.66. The van der Waals surface area contributed by atoms with Crippen molar-refractivity contribution in [2.45, 2.75) is 12.8 Å². The van der Waals surface area contributed by atoms with E-state index in [1.54, 1.807) is 0 Å². The molecule has 1 aliphatic rings. The van der Waals surface area contributed by atoms with Crippen LogP contribution in [0.15, 0.2) is 12.2 Å². The molecule has 1 rings (SSSR count). The summed E-state index contributed by atoms with van der Waals surface area (Å²) in [6.45, 7) is 3.50. The van der Waals surface area contributed by atoms with Gasteiger partial charge in [-0.25, -0.2) is 0 Å². The Kier molecular flexibility index (Phi) is 4.33. The molecule has 1 N–H and O–H groups in total. The molecule has 0 aromatic heterocycles. The van der Waals surface area contributed by atoms with Crippen LogP contribution < -0.4 is 5.32 Å². The summed E-state index contributed by atoms with van der Waals surface area (Å²) in [7, 11) is 4.21. The molecule has 0 unspecified atom stereocenters. The Labute approximate surface area is 75.6 Å². The second-order valence-electron chi connectivity index (χ2n) is 3.67. The van der Waals surface area contributed by atoms with Crippen molar-refractivity contribution >= 4 is 0 Å². The lowest BCUT2D eigenvalue weighted by Crippen LogP contribution is -2.31. The van der Waals surface area contributed by atoms with E-state index in [0.29, 0.717) is 0 Å². The van der Waals surface area contributed by atoms with Crippen molar-refractivity contribution in [3.63, 3.8) is 0 Å². The van der Waals surface area contributed by atoms with Crippen LogP contribution in [0.2, 0.25) is 0 Å². The Hall–Kier alpha value is -0.340. The van der Waals surface area contributed by atoms with E-state index in [9.17, 15) is 0 Å². The van der Waals surface area contributed by atoms with Gasteiger partial charge in [-0.05, 0) is 32.9 Å². The second-order valence-corrected chi connectivity index (χ2v) is 3.67. The Morgan fingerprint density at radius 3 is 2.67 bits per heavy atom. The molecule has 0 fully saturated rings. The number of likely N-dealkylation sites (N-methyl/N-ethyl adjacent to an activating group) is 2. The van der Waals surface area contributed by atoms with Crippen LogP contribution in [0.4, 0.5) is 0 Å². The molecule has 0 aromatic carbocycles. The summed E-state index contributed by atoms with van der Waals surface area (Å²) in [6, 6.07) is 0. The standard InChI is InChI=1S/C10H20N2/c1-11-7-8-12(2)9-10-5-3-4-6-10/h3-4,10-11H,5-9H2,1-2H3. The van der Waals surface area contributed by atoms with Crippen LogP contribution in [0.25, 0.3) is 0 Å². The zero-order valence-corrected chi connectivity index (χ0v) is 8.21. The normalized spacial score (nSPS) is 17.9. The monoisotopic (exact) mass is 168 g/mol. The van der Waals surface area contributed by atoms with Crippen molar-refractivity contribution in [3.05, 3.63) is 12.2 Å². The lowest BCUT2D eigenvalue weighted by atomic mass is 10.1. The SMILES string of the molecule is CNCCN(C)CC1CC=CC1. The minimum absolute atomic E-state index is 0.881. The minimum Gasteiger partial charge on any atom is -0.318 e. The summed E-state index contributed by atoms with van der Waals surface area (Å²) >= 11 is 0. The first-order chi connectivity index (χ1) is 5.83. The highest BCUT2D eigenvalue weighted by molar-refractivity contribution is 4.94. The number of rotatable bonds is 5. The summed E-state index contributed by atoms with van der Waals surface area (Å²) in [5.74, 6) is 0.881. The topological polar surface area (TPSA) is 15.3 Å². The zero-order chi connectivity index (χ0) is 8.81. The van der Waals surface area contributed by atoms with Gasteiger partial charge in [-0.2, -0.15) is 0 Å². The Balaban J connectivity index is 2.04. The average Bonchev–Trinajstić information content (AvgIpc) is 2.53. The van der Waals surface area contributed by atoms with E-state index in [1.807, 2.05) is 7.05 Å². The third-order valence-corrected chi connectivity index (χ3v) is 2.42. The molecule has 0 radical (unpaired) electrons. The maximum absolute atomic E-state index is 3.17. The molecule has 0 amide bonds. The largest absolute Gasteiger partial charge is 0.318 e. The molecule has 2 nitrogen and oxygen atoms in total. The van der Waals surface area contributed by atoms with Crippen LogP contribution in [0.1, 0.15) is 12.8 Å². The van der Waals surface area contributed by atoms with E-state index in [1.165, 1.54) is 19.4 Å². The van der Waals surface area contributed by atoms with Crippen molar-refractivity contribution in [1.29, 1.82) is 0 Å². The number of allylic oxidation sites excluding steroid dienone is 2. The van der Waals surface area contributed by atoms with Gasteiger partial charge in [-0.15, -0.1) is 0 Å². The summed E-state index contributed by atoms with van der Waals surface area (Å²) in [4.78, 5) is 2.41. The summed E-state index contributed by atoms with van der Waals surface area (Å²) in [5.41, 5.74) is 0. The van der Waals surface area contributed by atoms with Crippen LogP contribution >= 0.6 is 0 Å². The van der Waals surface area contributed by atoms with Crippen LogP contribution in [-0.2, 0) is 0 Å². The van der Waals surface area contributed by atoms with Gasteiger partial charge in [0, 0.05) is 19.6 Å². The second kappa shape index (κ2) is 5.33. The van der Waals surface area contributed by atoms with E-state index < -0.39 is 0 Å². The smallest absolute Gasteiger partial charge is 0.0104 e. The molecule has 0 saturated heterocycles. The van der Waals surface area contributed by atoms with Gasteiger partial charge in [0.25, 0.3) is 0 Å². The molecule has 0 aromatic rings. The van der Waals surface area contributed by atoms with Crippen LogP contribution in [-0.4, -0.2) is 38.6 Å². The summed E-state index contributed by atoms with van der Waals surface area (Å²) in [6.07, 6.45) is 7.17. The fraction of sp³-hybridized carbons (Fsp3) is 0.800. The maximum Gasteiger partial charge on any atom is 0.0104 e. The average molecular weight is 168 g/mol. The van der Waals surface area contributed by atoms with Gasteiger partial charge in [0.05, 0.1) is 0 Å². The van der Waals surface area contributed by atoms with Crippen LogP contribution in [0.5, 0.6) is 0 Å². The highest BCUT2D eigenvalue weighted by Gasteiger charge is 2.11. The number of hydrogen-bond donors (Lipinski definition) is 1. The first kappa shape index (κ1) is 9.75. The van der Waals surface area contributed by atoms with Crippen LogP contribution in [0.3, 0.4) is 0 Å². The summed E-state index contributed by atoms with van der Waals surface area (Å²) < 4.78 is 0. The third kappa shape index (κ3) is 3.37. The minimum atomic E-state index is 0.881. The van der Waals surface area contributed by atoms with E-state index in [-0.39, 0.29) is 0 Å². The van der Waals surface area contributed by atoms with Gasteiger partial charge < -0.3 is 10.2 Å². The lowest BCUT2D eigenvalue weighted by Gasteiger charge is -2.20. The maximum atomic E-state index is 3.17. The molecule has 0 atom stereocenters. The number of nitrogens with one attached hydrogen (secondary N) is 1. The molecule has 0 spiro atoms. The quantitative estimate of drug-likeness (QED) is 0.619.